The molecule has 1 aromatic carbocycles. The molecule has 1 atom stereocenters. The van der Waals surface area contributed by atoms with Crippen molar-refractivity contribution in [1.82, 2.24) is 9.97 Å². The number of H-pyrrole nitrogens is 2. The first-order chi connectivity index (χ1) is 21.1. The Bertz CT molecular complexity index is 1360. The molecule has 0 aliphatic heterocycles. The van der Waals surface area contributed by atoms with Crippen LogP contribution in [-0.2, 0) is 16.7 Å². The second-order valence-electron chi connectivity index (χ2n) is 18.0. The summed E-state index contributed by atoms with van der Waals surface area (Å²) in [6, 6.07) is 12.4. The van der Waals surface area contributed by atoms with Crippen LogP contribution in [-0.4, -0.2) is 20.3 Å². The Balaban J connectivity index is 1.22. The van der Waals surface area contributed by atoms with E-state index in [9.17, 15) is 0 Å². The van der Waals surface area contributed by atoms with Crippen LogP contribution in [0.1, 0.15) is 126 Å². The number of nitrogens with one attached hydrogen (secondary N) is 2. The van der Waals surface area contributed by atoms with E-state index in [1.165, 1.54) is 28.4 Å². The predicted octanol–water partition coefficient (Wildman–Crippen LogP) is 10.7. The number of benzene rings is 1. The Morgan fingerprint density at radius 1 is 0.659 bits per heavy atom. The Morgan fingerprint density at radius 2 is 1.09 bits per heavy atom. The van der Waals surface area contributed by atoms with Crippen molar-refractivity contribution >= 4 is 17.2 Å². The summed E-state index contributed by atoms with van der Waals surface area (Å²) in [6.45, 7) is 7.17. The van der Waals surface area contributed by atoms with Crippen LogP contribution < -0.4 is 0 Å². The number of hydrogen-bond acceptors (Lipinski definition) is 0. The van der Waals surface area contributed by atoms with Crippen LogP contribution in [0.3, 0.4) is 0 Å². The van der Waals surface area contributed by atoms with Gasteiger partial charge in [0.2, 0.25) is 0 Å². The monoisotopic (exact) mass is 624 g/mol. The minimum Gasteiger partial charge on any atom is -0.367 e. The number of aromatic nitrogens is 2. The van der Waals surface area contributed by atoms with Crippen molar-refractivity contribution in [2.24, 2.45) is 35.5 Å². The summed E-state index contributed by atoms with van der Waals surface area (Å²) in [5.41, 5.74) is 7.47. The third-order valence-corrected chi connectivity index (χ3v) is 19.0. The van der Waals surface area contributed by atoms with Crippen molar-refractivity contribution in [3.8, 4) is 0 Å². The van der Waals surface area contributed by atoms with E-state index >= 15 is 0 Å². The lowest BCUT2D eigenvalue weighted by Crippen LogP contribution is -2.56. The van der Waals surface area contributed by atoms with Crippen LogP contribution in [0.4, 0.5) is 0 Å². The van der Waals surface area contributed by atoms with Gasteiger partial charge in [-0.1, -0.05) is 46.9 Å². The molecule has 0 radical (unpaired) electrons. The van der Waals surface area contributed by atoms with Gasteiger partial charge in [0.15, 0.2) is 0 Å². The number of aromatic amines is 2. The third kappa shape index (κ3) is 4.46. The highest BCUT2D eigenvalue weighted by molar-refractivity contribution is 7.60. The second-order valence-corrected chi connectivity index (χ2v) is 21.9. The van der Waals surface area contributed by atoms with E-state index in [2.05, 4.69) is 95.1 Å². The maximum atomic E-state index is 3.43. The average Bonchev–Trinajstić information content (AvgIpc) is 3.69. The summed E-state index contributed by atoms with van der Waals surface area (Å²) in [6.07, 6.45) is 28.9. The van der Waals surface area contributed by atoms with Crippen molar-refractivity contribution in [2.75, 3.05) is 0 Å². The summed E-state index contributed by atoms with van der Waals surface area (Å²) in [5, 5.41) is 1.00. The maximum absolute atomic E-state index is 3.43. The fourth-order valence-electron chi connectivity index (χ4n) is 13.0. The SMILES string of the molecule is CC(C)(C)c1ccc(CP(C23CC4CC(CC(C4)C2)C3)C23CC4CC(CC(C4)C2)C3)c(C(P)(c2cc[nH]c2)c2cc[nH]c2)c1. The third-order valence-electron chi connectivity index (χ3n) is 14.0. The molecule has 4 heteroatoms. The molecule has 8 aliphatic carbocycles. The van der Waals surface area contributed by atoms with Crippen LogP contribution in [0, 0.1) is 35.5 Å². The van der Waals surface area contributed by atoms with Crippen molar-refractivity contribution < 1.29 is 0 Å². The Morgan fingerprint density at radius 3 is 1.45 bits per heavy atom. The standard InChI is InChI=1S/C40H54N2P2/c1-37(2,3)33-5-4-32(36(16-33)40(43,34-6-8-41-23-34)35-7-9-42-24-35)25-44(38-17-26-10-27(18-38)12-28(11-26)19-38)39-20-29-13-30(21-39)15-31(14-29)22-39/h4-9,16,23-24,26-31,41-42H,10-15,17-22,25,43H2,1-3H3. The normalized spacial score (nSPS) is 38.0. The molecule has 2 nitrogen and oxygen atoms in total. The molecule has 44 heavy (non-hydrogen) atoms. The van der Waals surface area contributed by atoms with E-state index in [1.807, 2.05) is 0 Å². The highest BCUT2D eigenvalue weighted by atomic mass is 31.1. The van der Waals surface area contributed by atoms with Gasteiger partial charge in [0.05, 0.1) is 5.16 Å². The van der Waals surface area contributed by atoms with E-state index in [4.69, 9.17) is 0 Å². The highest BCUT2D eigenvalue weighted by Crippen LogP contribution is 2.80. The van der Waals surface area contributed by atoms with Gasteiger partial charge in [0.25, 0.3) is 0 Å². The maximum Gasteiger partial charge on any atom is 0.0623 e. The minimum absolute atomic E-state index is 0.111. The van der Waals surface area contributed by atoms with Gasteiger partial charge in [0.1, 0.15) is 0 Å². The van der Waals surface area contributed by atoms with Crippen LogP contribution in [0.25, 0.3) is 0 Å². The van der Waals surface area contributed by atoms with Gasteiger partial charge in [-0.3, -0.25) is 0 Å². The molecular weight excluding hydrogens is 570 g/mol. The first-order valence-corrected chi connectivity index (χ1v) is 20.2. The molecule has 2 N–H and O–H groups in total. The molecule has 1 unspecified atom stereocenters. The van der Waals surface area contributed by atoms with E-state index < -0.39 is 0 Å². The molecule has 2 aromatic heterocycles. The molecule has 2 heterocycles. The molecule has 0 spiro atoms. The van der Waals surface area contributed by atoms with Crippen LogP contribution in [0.5, 0.6) is 0 Å². The average molecular weight is 625 g/mol. The molecule has 3 aromatic rings. The zero-order valence-corrected chi connectivity index (χ0v) is 29.4. The fraction of sp³-hybridized carbons (Fsp3) is 0.650. The fourth-order valence-corrected chi connectivity index (χ4v) is 18.8. The molecule has 0 saturated heterocycles. The van der Waals surface area contributed by atoms with Crippen molar-refractivity contribution in [3.05, 3.63) is 82.9 Å². The van der Waals surface area contributed by atoms with Crippen molar-refractivity contribution in [2.45, 2.75) is 125 Å². The van der Waals surface area contributed by atoms with Crippen molar-refractivity contribution in [3.63, 3.8) is 0 Å². The Labute approximate surface area is 269 Å². The second kappa shape index (κ2) is 10.1. The molecule has 234 valence electrons. The zero-order valence-electron chi connectivity index (χ0n) is 27.4. The molecule has 8 fully saturated rings. The molecule has 11 rings (SSSR count). The van der Waals surface area contributed by atoms with E-state index in [1.54, 1.807) is 82.6 Å². The molecule has 0 amide bonds. The quantitative estimate of drug-likeness (QED) is 0.245. The van der Waals surface area contributed by atoms with E-state index in [0.29, 0.717) is 10.3 Å². The zero-order chi connectivity index (χ0) is 29.9. The van der Waals surface area contributed by atoms with Gasteiger partial charge in [0, 0.05) is 24.8 Å². The molecule has 8 saturated carbocycles. The molecule has 8 aliphatic rings. The molecule has 8 bridgehead atoms. The number of hydrogen-bond donors (Lipinski definition) is 2. The lowest BCUT2D eigenvalue weighted by atomic mass is 9.55. The summed E-state index contributed by atoms with van der Waals surface area (Å²) >= 11 is 0. The van der Waals surface area contributed by atoms with Gasteiger partial charge >= 0.3 is 0 Å². The van der Waals surface area contributed by atoms with E-state index in [-0.39, 0.29) is 18.5 Å². The van der Waals surface area contributed by atoms with Crippen LogP contribution in [0.15, 0.2) is 55.1 Å². The summed E-state index contributed by atoms with van der Waals surface area (Å²) in [4.78, 5) is 6.86. The largest absolute Gasteiger partial charge is 0.367 e. The van der Waals surface area contributed by atoms with Crippen LogP contribution in [0.2, 0.25) is 0 Å². The lowest BCUT2D eigenvalue weighted by Gasteiger charge is -2.67. The smallest absolute Gasteiger partial charge is 0.0623 e. The first kappa shape index (κ1) is 28.8. The van der Waals surface area contributed by atoms with Gasteiger partial charge in [-0.25, -0.2) is 0 Å². The van der Waals surface area contributed by atoms with Crippen LogP contribution >= 0.6 is 17.2 Å². The topological polar surface area (TPSA) is 31.6 Å². The predicted molar refractivity (Wildman–Crippen MR) is 189 cm³/mol. The van der Waals surface area contributed by atoms with E-state index in [0.717, 1.165) is 35.5 Å². The van der Waals surface area contributed by atoms with Crippen molar-refractivity contribution in [1.29, 1.82) is 0 Å². The Hall–Kier alpha value is -1.36. The lowest BCUT2D eigenvalue weighted by molar-refractivity contribution is 0.0184. The number of rotatable bonds is 7. The van der Waals surface area contributed by atoms with Gasteiger partial charge in [-0.15, -0.1) is 9.24 Å². The van der Waals surface area contributed by atoms with Gasteiger partial charge < -0.3 is 9.97 Å². The minimum atomic E-state index is -0.277. The summed E-state index contributed by atoms with van der Waals surface area (Å²) in [5.74, 6) is 6.19. The Kier molecular flexibility index (Phi) is 6.60. The van der Waals surface area contributed by atoms with Gasteiger partial charge in [-0.2, -0.15) is 0 Å². The highest BCUT2D eigenvalue weighted by Gasteiger charge is 2.62. The first-order valence-electron chi connectivity index (χ1n) is 18.1. The summed E-state index contributed by atoms with van der Waals surface area (Å²) in [7, 11) is 3.27. The molecular formula is C40H54N2P2. The summed E-state index contributed by atoms with van der Waals surface area (Å²) < 4.78 is 0. The van der Waals surface area contributed by atoms with Gasteiger partial charge in [-0.05, 0) is 174 Å².